The predicted octanol–water partition coefficient (Wildman–Crippen LogP) is 6.14. The van der Waals surface area contributed by atoms with Crippen molar-refractivity contribution in [2.75, 3.05) is 39.3 Å². The molecule has 1 saturated carbocycles. The Morgan fingerprint density at radius 3 is 2.11 bits per heavy atom. The third-order valence-electron chi connectivity index (χ3n) is 9.40. The van der Waals surface area contributed by atoms with Gasteiger partial charge in [0.2, 0.25) is 11.8 Å². The van der Waals surface area contributed by atoms with Gasteiger partial charge in [-0.3, -0.25) is 13.9 Å². The zero-order valence-electron chi connectivity index (χ0n) is 30.4. The van der Waals surface area contributed by atoms with Crippen LogP contribution in [0.5, 0.6) is 23.0 Å². The molecule has 1 aliphatic carbocycles. The Balaban J connectivity index is 1.64. The standard InChI is InChI=1S/C40H46FN3O8S/c1-49-31-19-21-36(50-2)34(24-31)44(53(47,48)32-20-22-37(51-3)38(25-32)52-4)27-39(45)43(26-29-15-11-12-18-33(29)41)35(23-28-13-7-5-8-14-28)40(46)42-30-16-9-6-10-17-30/h5,7-8,11-15,18-22,24-25,30,35H,6,9-10,16-17,23,26-27H2,1-4H3,(H,42,46)/t35-/m1/s1. The number of carbonyl (C=O) groups is 2. The Labute approximate surface area is 310 Å². The number of carbonyl (C=O) groups excluding carboxylic acids is 2. The first-order chi connectivity index (χ1) is 25.6. The minimum atomic E-state index is -4.57. The van der Waals surface area contributed by atoms with Crippen LogP contribution < -0.4 is 28.6 Å². The molecule has 1 fully saturated rings. The van der Waals surface area contributed by atoms with Gasteiger partial charge in [-0.1, -0.05) is 67.8 Å². The Bertz CT molecular complexity index is 1970. The first kappa shape index (κ1) is 38.9. The molecule has 282 valence electrons. The summed E-state index contributed by atoms with van der Waals surface area (Å²) in [6.45, 7) is -1.09. The van der Waals surface area contributed by atoms with Crippen molar-refractivity contribution in [2.24, 2.45) is 0 Å². The average Bonchev–Trinajstić information content (AvgIpc) is 3.18. The summed E-state index contributed by atoms with van der Waals surface area (Å²) in [5.41, 5.74) is 0.941. The molecule has 5 rings (SSSR count). The van der Waals surface area contributed by atoms with Gasteiger partial charge in [0.15, 0.2) is 11.5 Å². The molecule has 1 N–H and O–H groups in total. The fraction of sp³-hybridized carbons (Fsp3) is 0.350. The van der Waals surface area contributed by atoms with Gasteiger partial charge >= 0.3 is 0 Å². The quantitative estimate of drug-likeness (QED) is 0.145. The smallest absolute Gasteiger partial charge is 0.265 e. The van der Waals surface area contributed by atoms with Gasteiger partial charge in [-0.25, -0.2) is 12.8 Å². The van der Waals surface area contributed by atoms with Crippen LogP contribution >= 0.6 is 0 Å². The van der Waals surface area contributed by atoms with E-state index in [1.165, 1.54) is 81.9 Å². The summed E-state index contributed by atoms with van der Waals surface area (Å²) >= 11 is 0. The molecule has 0 saturated heterocycles. The van der Waals surface area contributed by atoms with E-state index in [-0.39, 0.29) is 46.7 Å². The van der Waals surface area contributed by atoms with Crippen LogP contribution in [0.3, 0.4) is 0 Å². The predicted molar refractivity (Wildman–Crippen MR) is 200 cm³/mol. The van der Waals surface area contributed by atoms with Crippen molar-refractivity contribution in [3.05, 3.63) is 108 Å². The fourth-order valence-electron chi connectivity index (χ4n) is 6.52. The zero-order valence-corrected chi connectivity index (χ0v) is 31.2. The van der Waals surface area contributed by atoms with Crippen molar-refractivity contribution in [2.45, 2.75) is 62.0 Å². The molecule has 4 aromatic rings. The van der Waals surface area contributed by atoms with Gasteiger partial charge in [0, 0.05) is 36.7 Å². The molecular formula is C40H46FN3O8S. The van der Waals surface area contributed by atoms with Crippen molar-refractivity contribution >= 4 is 27.5 Å². The lowest BCUT2D eigenvalue weighted by atomic mass is 9.94. The minimum absolute atomic E-state index is 0.00657. The monoisotopic (exact) mass is 747 g/mol. The van der Waals surface area contributed by atoms with E-state index in [1.54, 1.807) is 12.1 Å². The van der Waals surface area contributed by atoms with E-state index in [9.17, 15) is 18.0 Å². The zero-order chi connectivity index (χ0) is 38.0. The van der Waals surface area contributed by atoms with Crippen LogP contribution in [-0.4, -0.2) is 72.2 Å². The van der Waals surface area contributed by atoms with Gasteiger partial charge in [-0.2, -0.15) is 0 Å². The van der Waals surface area contributed by atoms with E-state index in [0.717, 1.165) is 42.0 Å². The minimum Gasteiger partial charge on any atom is -0.497 e. The first-order valence-electron chi connectivity index (χ1n) is 17.4. The maximum atomic E-state index is 15.3. The SMILES string of the molecule is COc1ccc(OC)c(N(CC(=O)N(Cc2ccccc2F)[C@H](Cc2ccccc2)C(=O)NC2CCCCC2)S(=O)(=O)c2ccc(OC)c(OC)c2)c1. The van der Waals surface area contributed by atoms with E-state index in [1.807, 2.05) is 30.3 Å². The number of halogens is 1. The highest BCUT2D eigenvalue weighted by molar-refractivity contribution is 7.92. The maximum absolute atomic E-state index is 15.3. The molecule has 0 bridgehead atoms. The van der Waals surface area contributed by atoms with Gasteiger partial charge in [-0.15, -0.1) is 0 Å². The molecule has 0 heterocycles. The molecule has 1 aliphatic rings. The third-order valence-corrected chi connectivity index (χ3v) is 11.2. The Kier molecular flexibility index (Phi) is 13.2. The molecule has 1 atom stereocenters. The van der Waals surface area contributed by atoms with Crippen molar-refractivity contribution in [1.82, 2.24) is 10.2 Å². The molecule has 4 aromatic carbocycles. The summed E-state index contributed by atoms with van der Waals surface area (Å²) in [5.74, 6) is -0.823. The van der Waals surface area contributed by atoms with E-state index in [4.69, 9.17) is 18.9 Å². The lowest BCUT2D eigenvalue weighted by molar-refractivity contribution is -0.140. The van der Waals surface area contributed by atoms with Crippen LogP contribution in [0.2, 0.25) is 0 Å². The van der Waals surface area contributed by atoms with Gasteiger partial charge in [0.05, 0.1) is 39.0 Å². The lowest BCUT2D eigenvalue weighted by Gasteiger charge is -2.35. The number of amides is 2. The molecule has 0 aromatic heterocycles. The summed E-state index contributed by atoms with van der Waals surface area (Å²) in [6, 6.07) is 22.7. The van der Waals surface area contributed by atoms with Crippen molar-refractivity contribution in [3.8, 4) is 23.0 Å². The summed E-state index contributed by atoms with van der Waals surface area (Å²) in [6.07, 6.45) is 4.73. The Hall–Kier alpha value is -5.30. The molecule has 0 aliphatic heterocycles. The van der Waals surface area contributed by atoms with Crippen molar-refractivity contribution < 1.29 is 41.3 Å². The summed E-state index contributed by atoms with van der Waals surface area (Å²) < 4.78 is 67.5. The number of rotatable bonds is 16. The van der Waals surface area contributed by atoms with E-state index < -0.39 is 40.2 Å². The molecular weight excluding hydrogens is 702 g/mol. The number of nitrogens with one attached hydrogen (secondary N) is 1. The number of anilines is 1. The molecule has 0 spiro atoms. The average molecular weight is 748 g/mol. The molecule has 0 unspecified atom stereocenters. The number of hydrogen-bond acceptors (Lipinski definition) is 8. The van der Waals surface area contributed by atoms with Crippen molar-refractivity contribution in [3.63, 3.8) is 0 Å². The summed E-state index contributed by atoms with van der Waals surface area (Å²) in [7, 11) is 1.05. The van der Waals surface area contributed by atoms with Crippen LogP contribution in [0.1, 0.15) is 43.2 Å². The second kappa shape index (κ2) is 18.0. The van der Waals surface area contributed by atoms with E-state index >= 15 is 4.39 Å². The van der Waals surface area contributed by atoms with Crippen LogP contribution in [0.4, 0.5) is 10.1 Å². The topological polar surface area (TPSA) is 124 Å². The second-order valence-corrected chi connectivity index (χ2v) is 14.6. The highest BCUT2D eigenvalue weighted by Crippen LogP contribution is 2.38. The number of methoxy groups -OCH3 is 4. The fourth-order valence-corrected chi connectivity index (χ4v) is 7.95. The van der Waals surface area contributed by atoms with Crippen LogP contribution in [-0.2, 0) is 32.6 Å². The lowest BCUT2D eigenvalue weighted by Crippen LogP contribution is -2.55. The summed E-state index contributed by atoms with van der Waals surface area (Å²) in [5, 5.41) is 3.15. The van der Waals surface area contributed by atoms with Crippen LogP contribution in [0, 0.1) is 5.82 Å². The maximum Gasteiger partial charge on any atom is 0.265 e. The molecule has 2 amide bonds. The number of nitrogens with zero attached hydrogens (tertiary/aromatic N) is 2. The Morgan fingerprint density at radius 1 is 0.792 bits per heavy atom. The number of sulfonamides is 1. The van der Waals surface area contributed by atoms with Crippen molar-refractivity contribution in [1.29, 1.82) is 0 Å². The molecule has 11 nitrogen and oxygen atoms in total. The highest BCUT2D eigenvalue weighted by atomic mass is 32.2. The Morgan fingerprint density at radius 2 is 1.45 bits per heavy atom. The normalized spacial score (nSPS) is 13.8. The second-order valence-electron chi connectivity index (χ2n) is 12.7. The largest absolute Gasteiger partial charge is 0.497 e. The highest BCUT2D eigenvalue weighted by Gasteiger charge is 2.37. The van der Waals surface area contributed by atoms with Crippen LogP contribution in [0.15, 0.2) is 95.9 Å². The number of benzene rings is 4. The molecule has 0 radical (unpaired) electrons. The third kappa shape index (κ3) is 9.39. The van der Waals surface area contributed by atoms with Gasteiger partial charge < -0.3 is 29.2 Å². The molecule has 53 heavy (non-hydrogen) atoms. The number of ether oxygens (including phenoxy) is 4. The van der Waals surface area contributed by atoms with Gasteiger partial charge in [0.1, 0.15) is 29.9 Å². The van der Waals surface area contributed by atoms with E-state index in [0.29, 0.717) is 11.5 Å². The van der Waals surface area contributed by atoms with Gasteiger partial charge in [0.25, 0.3) is 10.0 Å². The van der Waals surface area contributed by atoms with Crippen LogP contribution in [0.25, 0.3) is 0 Å². The number of hydrogen-bond donors (Lipinski definition) is 1. The van der Waals surface area contributed by atoms with E-state index in [2.05, 4.69) is 5.32 Å². The summed E-state index contributed by atoms with van der Waals surface area (Å²) in [4.78, 5) is 30.3. The van der Waals surface area contributed by atoms with Gasteiger partial charge in [-0.05, 0) is 48.7 Å². The first-order valence-corrected chi connectivity index (χ1v) is 18.9. The molecule has 13 heteroatoms.